The molecule has 0 unspecified atom stereocenters. The van der Waals surface area contributed by atoms with Crippen LogP contribution in [-0.4, -0.2) is 43.3 Å². The highest BCUT2D eigenvalue weighted by atomic mass is 16.5. The van der Waals surface area contributed by atoms with E-state index in [0.717, 1.165) is 61.5 Å². The lowest BCUT2D eigenvalue weighted by atomic mass is 9.87. The maximum absolute atomic E-state index is 5.46. The van der Waals surface area contributed by atoms with Crippen LogP contribution < -0.4 is 14.5 Å². The largest absolute Gasteiger partial charge is 0.481 e. The van der Waals surface area contributed by atoms with Crippen molar-refractivity contribution in [2.24, 2.45) is 23.7 Å². The van der Waals surface area contributed by atoms with E-state index in [-0.39, 0.29) is 0 Å². The monoisotopic (exact) mass is 536 g/mol. The predicted molar refractivity (Wildman–Crippen MR) is 167 cm³/mol. The highest BCUT2D eigenvalue weighted by Crippen LogP contribution is 2.31. The van der Waals surface area contributed by atoms with Crippen LogP contribution in [0.15, 0.2) is 24.3 Å². The van der Waals surface area contributed by atoms with Crippen molar-refractivity contribution in [3.8, 4) is 5.88 Å². The van der Waals surface area contributed by atoms with E-state index in [4.69, 9.17) is 14.7 Å². The van der Waals surface area contributed by atoms with Crippen molar-refractivity contribution in [1.82, 2.24) is 9.97 Å². The van der Waals surface area contributed by atoms with Crippen LogP contribution in [0.5, 0.6) is 5.88 Å². The summed E-state index contributed by atoms with van der Waals surface area (Å²) in [5, 5.41) is 0. The van der Waals surface area contributed by atoms with Crippen LogP contribution in [-0.2, 0) is 0 Å². The second-order valence-corrected chi connectivity index (χ2v) is 13.1. The molecule has 0 spiro atoms. The molecule has 0 aromatic carbocycles. The van der Waals surface area contributed by atoms with Crippen LogP contribution in [0.4, 0.5) is 11.6 Å². The lowest BCUT2D eigenvalue weighted by molar-refractivity contribution is 0.310. The van der Waals surface area contributed by atoms with Gasteiger partial charge in [-0.3, -0.25) is 0 Å². The molecule has 218 valence electrons. The van der Waals surface area contributed by atoms with E-state index >= 15 is 0 Å². The molecule has 4 heterocycles. The van der Waals surface area contributed by atoms with Gasteiger partial charge in [0, 0.05) is 37.4 Å². The molecule has 5 nitrogen and oxygen atoms in total. The second-order valence-electron chi connectivity index (χ2n) is 13.1. The summed E-state index contributed by atoms with van der Waals surface area (Å²) in [4.78, 5) is 14.4. The number of hydrogen-bond acceptors (Lipinski definition) is 5. The Balaban J connectivity index is 0.000000216. The number of ether oxygens (including phenoxy) is 1. The number of aromatic nitrogens is 2. The summed E-state index contributed by atoms with van der Waals surface area (Å²) in [5.41, 5.74) is 3.76. The highest BCUT2D eigenvalue weighted by Gasteiger charge is 2.24. The average molecular weight is 537 g/mol. The van der Waals surface area contributed by atoms with Gasteiger partial charge in [-0.2, -0.15) is 4.98 Å². The molecule has 0 amide bonds. The topological polar surface area (TPSA) is 41.5 Å². The molecule has 2 aromatic rings. The molecule has 5 heteroatoms. The molecule has 2 saturated heterocycles. The summed E-state index contributed by atoms with van der Waals surface area (Å²) >= 11 is 0. The fourth-order valence-corrected chi connectivity index (χ4v) is 6.16. The fourth-order valence-electron chi connectivity index (χ4n) is 6.16. The highest BCUT2D eigenvalue weighted by molar-refractivity contribution is 5.45. The van der Waals surface area contributed by atoms with E-state index in [1.54, 1.807) is 7.11 Å². The molecule has 0 bridgehead atoms. The molecule has 2 fully saturated rings. The third-order valence-corrected chi connectivity index (χ3v) is 9.04. The number of pyridine rings is 2. The van der Waals surface area contributed by atoms with Crippen molar-refractivity contribution in [1.29, 1.82) is 0 Å². The van der Waals surface area contributed by atoms with Gasteiger partial charge in [-0.15, -0.1) is 0 Å². The number of nitrogens with zero attached hydrogens (tertiary/aromatic N) is 4. The first-order valence-corrected chi connectivity index (χ1v) is 15.5. The third kappa shape index (κ3) is 8.35. The molecule has 2 aromatic heterocycles. The van der Waals surface area contributed by atoms with Crippen molar-refractivity contribution in [3.05, 3.63) is 41.1 Å². The fraction of sp³-hybridized carbons (Fsp3) is 0.706. The van der Waals surface area contributed by atoms with Crippen LogP contribution in [0.1, 0.15) is 110 Å². The summed E-state index contributed by atoms with van der Waals surface area (Å²) in [7, 11) is 1.71. The Bertz CT molecular complexity index is 1020. The standard InChI is InChI=1S/C17H28N2O.C17H28N2/c1-12(2)14-8-10-19(11-9-14)16-7-6-15(13(3)4)17(18-16)20-5;1-12(2)15-8-10-19(11-9-15)17-7-6-16(13(3)4)14(5)18-17/h6-7,12-14H,8-11H2,1-5H3;6-7,12-13,15H,8-11H2,1-5H3. The zero-order chi connectivity index (χ0) is 28.7. The summed E-state index contributed by atoms with van der Waals surface area (Å²) in [6, 6.07) is 8.78. The van der Waals surface area contributed by atoms with Gasteiger partial charge in [0.15, 0.2) is 0 Å². The van der Waals surface area contributed by atoms with E-state index in [1.165, 1.54) is 48.3 Å². The Morgan fingerprint density at radius 1 is 0.641 bits per heavy atom. The number of hydrogen-bond donors (Lipinski definition) is 0. The number of aryl methyl sites for hydroxylation is 1. The van der Waals surface area contributed by atoms with E-state index in [2.05, 4.69) is 96.4 Å². The van der Waals surface area contributed by atoms with Crippen molar-refractivity contribution in [3.63, 3.8) is 0 Å². The van der Waals surface area contributed by atoms with Crippen LogP contribution in [0.3, 0.4) is 0 Å². The number of anilines is 2. The molecule has 4 rings (SSSR count). The minimum absolute atomic E-state index is 0.443. The van der Waals surface area contributed by atoms with Gasteiger partial charge in [-0.25, -0.2) is 4.98 Å². The molecule has 2 aliphatic heterocycles. The molecule has 0 aliphatic carbocycles. The molecule has 0 N–H and O–H groups in total. The SMILES string of the molecule is COc1nc(N2CCC(C(C)C)CC2)ccc1C(C)C.Cc1nc(N2CCC(C(C)C)CC2)ccc1C(C)C. The van der Waals surface area contributed by atoms with Crippen LogP contribution >= 0.6 is 0 Å². The van der Waals surface area contributed by atoms with E-state index < -0.39 is 0 Å². The van der Waals surface area contributed by atoms with Gasteiger partial charge < -0.3 is 14.5 Å². The molecule has 39 heavy (non-hydrogen) atoms. The first-order chi connectivity index (χ1) is 18.5. The molecule has 0 atom stereocenters. The van der Waals surface area contributed by atoms with Gasteiger partial charge in [0.1, 0.15) is 11.6 Å². The Labute approximate surface area is 239 Å². The maximum atomic E-state index is 5.46. The minimum atomic E-state index is 0.443. The summed E-state index contributed by atoms with van der Waals surface area (Å²) in [5.74, 6) is 7.39. The molecular weight excluding hydrogens is 480 g/mol. The Hall–Kier alpha value is -2.30. The lowest BCUT2D eigenvalue weighted by Gasteiger charge is -2.34. The van der Waals surface area contributed by atoms with Crippen molar-refractivity contribution < 1.29 is 4.74 Å². The van der Waals surface area contributed by atoms with Crippen molar-refractivity contribution in [2.45, 2.75) is 99.8 Å². The van der Waals surface area contributed by atoms with Gasteiger partial charge in [-0.05, 0) is 91.9 Å². The third-order valence-electron chi connectivity index (χ3n) is 9.04. The minimum Gasteiger partial charge on any atom is -0.481 e. The predicted octanol–water partition coefficient (Wildman–Crippen LogP) is 8.47. The van der Waals surface area contributed by atoms with Crippen LogP contribution in [0.25, 0.3) is 0 Å². The average Bonchev–Trinajstić information content (AvgIpc) is 2.92. The van der Waals surface area contributed by atoms with Gasteiger partial charge >= 0.3 is 0 Å². The molecular formula is C34H56N4O. The maximum Gasteiger partial charge on any atom is 0.218 e. The van der Waals surface area contributed by atoms with Crippen LogP contribution in [0, 0.1) is 30.6 Å². The second kappa shape index (κ2) is 14.4. The van der Waals surface area contributed by atoms with E-state index in [0.29, 0.717) is 11.8 Å². The number of rotatable bonds is 7. The molecule has 0 saturated carbocycles. The first-order valence-electron chi connectivity index (χ1n) is 15.5. The zero-order valence-electron chi connectivity index (χ0n) is 26.6. The first kappa shape index (κ1) is 31.2. The molecule has 0 radical (unpaired) electrons. The van der Waals surface area contributed by atoms with E-state index in [1.807, 2.05) is 0 Å². The zero-order valence-corrected chi connectivity index (χ0v) is 26.6. The normalized spacial score (nSPS) is 17.3. The quantitative estimate of drug-likeness (QED) is 0.355. The molecule has 2 aliphatic rings. The smallest absolute Gasteiger partial charge is 0.218 e. The Kier molecular flexibility index (Phi) is 11.5. The van der Waals surface area contributed by atoms with Crippen molar-refractivity contribution in [2.75, 3.05) is 43.1 Å². The summed E-state index contributed by atoms with van der Waals surface area (Å²) in [6.45, 7) is 24.9. The van der Waals surface area contributed by atoms with Gasteiger partial charge in [-0.1, -0.05) is 61.5 Å². The number of methoxy groups -OCH3 is 1. The summed E-state index contributed by atoms with van der Waals surface area (Å²) in [6.07, 6.45) is 5.16. The number of piperidine rings is 2. The van der Waals surface area contributed by atoms with Gasteiger partial charge in [0.25, 0.3) is 0 Å². The lowest BCUT2D eigenvalue weighted by Crippen LogP contribution is -2.35. The van der Waals surface area contributed by atoms with Crippen LogP contribution in [0.2, 0.25) is 0 Å². The summed E-state index contributed by atoms with van der Waals surface area (Å²) < 4.78 is 5.46. The van der Waals surface area contributed by atoms with E-state index in [9.17, 15) is 0 Å². The Morgan fingerprint density at radius 3 is 1.41 bits per heavy atom. The Morgan fingerprint density at radius 2 is 1.05 bits per heavy atom. The van der Waals surface area contributed by atoms with Gasteiger partial charge in [0.2, 0.25) is 5.88 Å². The van der Waals surface area contributed by atoms with Gasteiger partial charge in [0.05, 0.1) is 7.11 Å². The van der Waals surface area contributed by atoms with Crippen molar-refractivity contribution >= 4 is 11.6 Å².